The molecule has 2 aromatic rings. The Morgan fingerprint density at radius 2 is 1.86 bits per heavy atom. The summed E-state index contributed by atoms with van der Waals surface area (Å²) in [6, 6.07) is 14.2. The maximum Gasteiger partial charge on any atom is 0.320 e. The number of nitrogens with zero attached hydrogens (tertiary/aromatic N) is 2. The number of esters is 1. The van der Waals surface area contributed by atoms with Gasteiger partial charge in [0, 0.05) is 12.6 Å². The zero-order chi connectivity index (χ0) is 20.6. The van der Waals surface area contributed by atoms with Gasteiger partial charge in [0.1, 0.15) is 11.5 Å². The third-order valence-electron chi connectivity index (χ3n) is 5.05. The van der Waals surface area contributed by atoms with E-state index >= 15 is 0 Å². The fraction of sp³-hybridized carbons (Fsp3) is 0.478. The highest BCUT2D eigenvalue weighted by Gasteiger charge is 2.33. The second-order valence-electron chi connectivity index (χ2n) is 7.50. The molecule has 1 aromatic heterocycles. The van der Waals surface area contributed by atoms with Crippen molar-refractivity contribution in [3.8, 4) is 0 Å². The molecule has 1 aliphatic rings. The molecule has 0 N–H and O–H groups in total. The van der Waals surface area contributed by atoms with E-state index in [0.717, 1.165) is 30.8 Å². The summed E-state index contributed by atoms with van der Waals surface area (Å²) in [6.07, 6.45) is 2.82. The highest BCUT2D eigenvalue weighted by Crippen LogP contribution is 2.26. The minimum atomic E-state index is -0.273. The van der Waals surface area contributed by atoms with Crippen molar-refractivity contribution in [1.82, 2.24) is 9.80 Å². The second kappa shape index (κ2) is 10.3. The molecule has 1 amide bonds. The highest BCUT2D eigenvalue weighted by molar-refractivity contribution is 5.79. The van der Waals surface area contributed by atoms with Gasteiger partial charge in [0.2, 0.25) is 5.91 Å². The molecule has 0 saturated heterocycles. The summed E-state index contributed by atoms with van der Waals surface area (Å²) >= 11 is 0. The number of carbonyl (C=O) groups is 2. The normalized spacial score (nSPS) is 13.5. The summed E-state index contributed by atoms with van der Waals surface area (Å²) in [5.74, 6) is 1.33. The average molecular weight is 399 g/mol. The molecule has 0 atom stereocenters. The Morgan fingerprint density at radius 3 is 2.48 bits per heavy atom. The summed E-state index contributed by atoms with van der Waals surface area (Å²) in [5, 5.41) is 0. The van der Waals surface area contributed by atoms with Crippen molar-refractivity contribution in [3.63, 3.8) is 0 Å². The van der Waals surface area contributed by atoms with Crippen LogP contribution < -0.4 is 0 Å². The van der Waals surface area contributed by atoms with Crippen molar-refractivity contribution in [3.05, 3.63) is 59.5 Å². The predicted molar refractivity (Wildman–Crippen MR) is 110 cm³/mol. The first-order chi connectivity index (χ1) is 14.0. The molecule has 1 saturated carbocycles. The monoisotopic (exact) mass is 398 g/mol. The molecule has 1 heterocycles. The summed E-state index contributed by atoms with van der Waals surface area (Å²) in [4.78, 5) is 28.9. The molecule has 1 fully saturated rings. The lowest BCUT2D eigenvalue weighted by atomic mass is 10.1. The van der Waals surface area contributed by atoms with Crippen molar-refractivity contribution >= 4 is 11.9 Å². The lowest BCUT2D eigenvalue weighted by molar-refractivity contribution is -0.145. The van der Waals surface area contributed by atoms with Crippen LogP contribution in [-0.2, 0) is 27.3 Å². The summed E-state index contributed by atoms with van der Waals surface area (Å²) in [6.45, 7) is 5.45. The van der Waals surface area contributed by atoms with Crippen molar-refractivity contribution in [2.45, 2.75) is 45.7 Å². The maximum atomic E-state index is 13.1. The molecule has 29 heavy (non-hydrogen) atoms. The van der Waals surface area contributed by atoms with Crippen LogP contribution in [0.1, 0.15) is 36.8 Å². The van der Waals surface area contributed by atoms with Crippen LogP contribution in [0.15, 0.2) is 46.9 Å². The molecule has 156 valence electrons. The van der Waals surface area contributed by atoms with E-state index in [-0.39, 0.29) is 25.0 Å². The maximum absolute atomic E-state index is 13.1. The number of hydrogen-bond acceptors (Lipinski definition) is 5. The topological polar surface area (TPSA) is 63.0 Å². The quantitative estimate of drug-likeness (QED) is 0.544. The van der Waals surface area contributed by atoms with Crippen LogP contribution in [0.3, 0.4) is 0 Å². The van der Waals surface area contributed by atoms with Crippen LogP contribution in [0.5, 0.6) is 0 Å². The molecular weight excluding hydrogens is 368 g/mol. The minimum Gasteiger partial charge on any atom is -0.465 e. The van der Waals surface area contributed by atoms with E-state index in [9.17, 15) is 9.59 Å². The number of rotatable bonds is 11. The summed E-state index contributed by atoms with van der Waals surface area (Å²) in [5.41, 5.74) is 1.19. The summed E-state index contributed by atoms with van der Waals surface area (Å²) < 4.78 is 10.8. The molecule has 1 aromatic carbocycles. The third kappa shape index (κ3) is 6.75. The van der Waals surface area contributed by atoms with Crippen molar-refractivity contribution in [2.75, 3.05) is 26.2 Å². The van der Waals surface area contributed by atoms with Gasteiger partial charge in [-0.1, -0.05) is 30.3 Å². The standard InChI is InChI=1S/C23H30N2O4/c1-3-28-23(27)17-25(20-10-11-20)16-22(26)24(15-21-12-9-18(2)29-21)14-13-19-7-5-4-6-8-19/h4-9,12,20H,3,10-11,13-17H2,1-2H3. The first-order valence-corrected chi connectivity index (χ1v) is 10.3. The number of furan rings is 1. The van der Waals surface area contributed by atoms with Gasteiger partial charge in [-0.2, -0.15) is 0 Å². The predicted octanol–water partition coefficient (Wildman–Crippen LogP) is 3.19. The van der Waals surface area contributed by atoms with Gasteiger partial charge in [0.25, 0.3) is 0 Å². The van der Waals surface area contributed by atoms with E-state index in [0.29, 0.717) is 25.7 Å². The minimum absolute atomic E-state index is 0.00572. The van der Waals surface area contributed by atoms with E-state index in [1.54, 1.807) is 6.92 Å². The van der Waals surface area contributed by atoms with E-state index < -0.39 is 0 Å². The first-order valence-electron chi connectivity index (χ1n) is 10.3. The number of aryl methyl sites for hydroxylation is 1. The number of amides is 1. The number of ether oxygens (including phenoxy) is 1. The van der Waals surface area contributed by atoms with Gasteiger partial charge in [-0.25, -0.2) is 0 Å². The fourth-order valence-electron chi connectivity index (χ4n) is 3.36. The van der Waals surface area contributed by atoms with Gasteiger partial charge in [-0.3, -0.25) is 14.5 Å². The van der Waals surface area contributed by atoms with Crippen molar-refractivity contribution in [2.24, 2.45) is 0 Å². The van der Waals surface area contributed by atoms with Crippen LogP contribution in [-0.4, -0.2) is 54.0 Å². The van der Waals surface area contributed by atoms with Gasteiger partial charge in [-0.05, 0) is 50.8 Å². The molecular formula is C23H30N2O4. The van der Waals surface area contributed by atoms with Gasteiger partial charge in [0.15, 0.2) is 0 Å². The lowest BCUT2D eigenvalue weighted by Gasteiger charge is -2.26. The van der Waals surface area contributed by atoms with E-state index in [2.05, 4.69) is 12.1 Å². The average Bonchev–Trinajstić information content (AvgIpc) is 3.47. The van der Waals surface area contributed by atoms with Crippen LogP contribution in [0, 0.1) is 6.92 Å². The van der Waals surface area contributed by atoms with Crippen LogP contribution in [0.4, 0.5) is 0 Å². The molecule has 1 aliphatic carbocycles. The van der Waals surface area contributed by atoms with Gasteiger partial charge in [0.05, 0.1) is 26.2 Å². The number of benzene rings is 1. The van der Waals surface area contributed by atoms with Crippen LogP contribution in [0.2, 0.25) is 0 Å². The Hall–Kier alpha value is -2.60. The second-order valence-corrected chi connectivity index (χ2v) is 7.50. The van der Waals surface area contributed by atoms with Crippen molar-refractivity contribution < 1.29 is 18.7 Å². The van der Waals surface area contributed by atoms with Crippen LogP contribution in [0.25, 0.3) is 0 Å². The van der Waals surface area contributed by atoms with Crippen LogP contribution >= 0.6 is 0 Å². The Labute approximate surface area is 172 Å². The fourth-order valence-corrected chi connectivity index (χ4v) is 3.36. The Morgan fingerprint density at radius 1 is 1.10 bits per heavy atom. The zero-order valence-corrected chi connectivity index (χ0v) is 17.3. The van der Waals surface area contributed by atoms with Gasteiger partial charge < -0.3 is 14.1 Å². The van der Waals surface area contributed by atoms with Crippen molar-refractivity contribution in [1.29, 1.82) is 0 Å². The number of carbonyl (C=O) groups excluding carboxylic acids is 2. The molecule has 0 aliphatic heterocycles. The molecule has 0 radical (unpaired) electrons. The van der Waals surface area contributed by atoms with E-state index in [1.165, 1.54) is 5.56 Å². The highest BCUT2D eigenvalue weighted by atomic mass is 16.5. The SMILES string of the molecule is CCOC(=O)CN(CC(=O)N(CCc1ccccc1)Cc1ccc(C)o1)C1CC1. The molecule has 3 rings (SSSR count). The molecule has 6 nitrogen and oxygen atoms in total. The third-order valence-corrected chi connectivity index (χ3v) is 5.05. The van der Waals surface area contributed by atoms with Gasteiger partial charge >= 0.3 is 5.97 Å². The molecule has 0 spiro atoms. The lowest BCUT2D eigenvalue weighted by Crippen LogP contribution is -2.43. The molecule has 6 heteroatoms. The first kappa shape index (κ1) is 21.1. The zero-order valence-electron chi connectivity index (χ0n) is 17.3. The Kier molecular flexibility index (Phi) is 7.47. The Bertz CT molecular complexity index is 798. The smallest absolute Gasteiger partial charge is 0.320 e. The molecule has 0 unspecified atom stereocenters. The number of hydrogen-bond donors (Lipinski definition) is 0. The van der Waals surface area contributed by atoms with E-state index in [1.807, 2.05) is 47.1 Å². The van der Waals surface area contributed by atoms with Gasteiger partial charge in [-0.15, -0.1) is 0 Å². The Balaban J connectivity index is 1.65. The largest absolute Gasteiger partial charge is 0.465 e. The summed E-state index contributed by atoms with van der Waals surface area (Å²) in [7, 11) is 0. The van der Waals surface area contributed by atoms with E-state index in [4.69, 9.17) is 9.15 Å². The molecule has 0 bridgehead atoms.